The number of fused-ring (bicyclic) bond motifs is 2. The van der Waals surface area contributed by atoms with Crippen molar-refractivity contribution < 1.29 is 18.7 Å². The molecule has 5 rings (SSSR count). The third-order valence-electron chi connectivity index (χ3n) is 5.95. The Kier molecular flexibility index (Phi) is 5.84. The third-order valence-corrected chi connectivity index (χ3v) is 5.95. The Morgan fingerprint density at radius 2 is 2.21 bits per heavy atom. The first-order valence-electron chi connectivity index (χ1n) is 11.1. The van der Waals surface area contributed by atoms with E-state index in [4.69, 9.17) is 4.74 Å². The van der Waals surface area contributed by atoms with Crippen LogP contribution in [0.5, 0.6) is 0 Å². The molecule has 11 nitrogen and oxygen atoms in total. The number of nitrogens with zero attached hydrogens (tertiary/aromatic N) is 5. The van der Waals surface area contributed by atoms with Crippen LogP contribution < -0.4 is 16.2 Å². The Balaban J connectivity index is 1.50. The highest BCUT2D eigenvalue weighted by Crippen LogP contribution is 2.23. The van der Waals surface area contributed by atoms with Crippen molar-refractivity contribution in [3.8, 4) is 0 Å². The van der Waals surface area contributed by atoms with Gasteiger partial charge in [-0.1, -0.05) is 6.92 Å². The molecule has 3 aromatic rings. The molecule has 0 radical (unpaired) electrons. The van der Waals surface area contributed by atoms with E-state index in [1.165, 1.54) is 21.2 Å². The van der Waals surface area contributed by atoms with Gasteiger partial charge in [-0.15, -0.1) is 0 Å². The molecule has 1 atom stereocenters. The number of nitrogens with one attached hydrogen (secondary N) is 2. The fourth-order valence-corrected chi connectivity index (χ4v) is 4.31. The number of hydrogen-bond donors (Lipinski definition) is 2. The highest BCUT2D eigenvalue weighted by Gasteiger charge is 2.36. The number of aromatic nitrogens is 4. The summed E-state index contributed by atoms with van der Waals surface area (Å²) in [6, 6.07) is 4.24. The van der Waals surface area contributed by atoms with Crippen molar-refractivity contribution in [2.75, 3.05) is 31.6 Å². The van der Waals surface area contributed by atoms with E-state index in [-0.39, 0.29) is 42.2 Å². The normalized spacial score (nSPS) is 17.9. The lowest BCUT2D eigenvalue weighted by molar-refractivity contribution is -0.116. The summed E-state index contributed by atoms with van der Waals surface area (Å²) in [6.07, 6.45) is 1.40. The molecule has 0 spiro atoms. The van der Waals surface area contributed by atoms with Gasteiger partial charge in [0.25, 0.3) is 11.5 Å². The molecule has 5 heterocycles. The number of hydrogen-bond acceptors (Lipinski definition) is 7. The zero-order valence-corrected chi connectivity index (χ0v) is 18.6. The topological polar surface area (TPSA) is 123 Å². The van der Waals surface area contributed by atoms with E-state index in [0.717, 1.165) is 12.7 Å². The SMILES string of the molecule is CCc1cc2n(CC(=O)Nc3ccc(F)cn3)c3c(c(=O)n2n1)CN(C[C@@H]1CNCCO1)C3=O. The smallest absolute Gasteiger partial charge is 0.280 e. The maximum Gasteiger partial charge on any atom is 0.280 e. The van der Waals surface area contributed by atoms with Gasteiger partial charge in [-0.25, -0.2) is 9.37 Å². The number of carbonyl (C=O) groups is 2. The van der Waals surface area contributed by atoms with Gasteiger partial charge < -0.3 is 24.8 Å². The average Bonchev–Trinajstić information content (AvgIpc) is 3.41. The highest BCUT2D eigenvalue weighted by atomic mass is 19.1. The number of anilines is 1. The number of amides is 2. The molecule has 12 heteroatoms. The highest BCUT2D eigenvalue weighted by molar-refractivity contribution is 5.98. The minimum atomic E-state index is -0.521. The van der Waals surface area contributed by atoms with Gasteiger partial charge in [-0.3, -0.25) is 14.4 Å². The lowest BCUT2D eigenvalue weighted by Gasteiger charge is -2.27. The second-order valence-electron chi connectivity index (χ2n) is 8.27. The molecule has 0 unspecified atom stereocenters. The van der Waals surface area contributed by atoms with Crippen LogP contribution in [0, 0.1) is 5.82 Å². The summed E-state index contributed by atoms with van der Waals surface area (Å²) in [5, 5.41) is 10.2. The van der Waals surface area contributed by atoms with Crippen LogP contribution in [0.25, 0.3) is 5.65 Å². The number of pyridine rings is 1. The van der Waals surface area contributed by atoms with E-state index in [1.54, 1.807) is 11.0 Å². The third kappa shape index (κ3) is 4.05. The van der Waals surface area contributed by atoms with Crippen molar-refractivity contribution in [1.29, 1.82) is 0 Å². The van der Waals surface area contributed by atoms with Crippen LogP contribution in [0.1, 0.15) is 28.7 Å². The average molecular weight is 469 g/mol. The monoisotopic (exact) mass is 469 g/mol. The predicted octanol–water partition coefficient (Wildman–Crippen LogP) is 0.175. The van der Waals surface area contributed by atoms with Gasteiger partial charge in [-0.05, 0) is 18.6 Å². The number of morpholine rings is 1. The molecule has 0 aromatic carbocycles. The molecule has 2 N–H and O–H groups in total. The van der Waals surface area contributed by atoms with E-state index in [1.807, 2.05) is 6.92 Å². The Hall–Kier alpha value is -3.64. The summed E-state index contributed by atoms with van der Waals surface area (Å²) in [6.45, 7) is 4.02. The molecular formula is C22H24FN7O4. The van der Waals surface area contributed by atoms with Gasteiger partial charge in [0, 0.05) is 25.7 Å². The number of aryl methyl sites for hydroxylation is 1. The zero-order valence-electron chi connectivity index (χ0n) is 18.6. The van der Waals surface area contributed by atoms with E-state index in [9.17, 15) is 18.8 Å². The minimum Gasteiger partial charge on any atom is -0.374 e. The van der Waals surface area contributed by atoms with Crippen molar-refractivity contribution in [2.24, 2.45) is 0 Å². The molecule has 2 amide bonds. The molecular weight excluding hydrogens is 445 g/mol. The van der Waals surface area contributed by atoms with Gasteiger partial charge in [0.05, 0.1) is 36.7 Å². The maximum atomic E-state index is 13.4. The van der Waals surface area contributed by atoms with Crippen molar-refractivity contribution in [2.45, 2.75) is 32.5 Å². The summed E-state index contributed by atoms with van der Waals surface area (Å²) >= 11 is 0. The van der Waals surface area contributed by atoms with E-state index >= 15 is 0 Å². The Morgan fingerprint density at radius 1 is 1.35 bits per heavy atom. The van der Waals surface area contributed by atoms with E-state index < -0.39 is 11.7 Å². The molecule has 1 saturated heterocycles. The van der Waals surface area contributed by atoms with Crippen molar-refractivity contribution in [1.82, 2.24) is 29.4 Å². The standard InChI is InChI=1S/C22H24FN7O4/c1-2-14-7-19-29(12-18(31)26-17-4-3-13(23)8-25-17)20-16(21(32)30(19)27-14)11-28(22(20)33)10-15-9-24-5-6-34-15/h3-4,7-8,15,24H,2,5-6,9-12H2,1H3,(H,25,26,31)/t15-/m0/s1. The summed E-state index contributed by atoms with van der Waals surface area (Å²) in [7, 11) is 0. The number of rotatable bonds is 6. The lowest BCUT2D eigenvalue weighted by atomic mass is 10.2. The molecule has 0 bridgehead atoms. The molecule has 2 aliphatic rings. The van der Waals surface area contributed by atoms with Crippen LogP contribution in [0.4, 0.5) is 10.2 Å². The van der Waals surface area contributed by atoms with Gasteiger partial charge in [-0.2, -0.15) is 9.61 Å². The zero-order chi connectivity index (χ0) is 23.8. The van der Waals surface area contributed by atoms with Crippen molar-refractivity contribution in [3.63, 3.8) is 0 Å². The maximum absolute atomic E-state index is 13.4. The van der Waals surface area contributed by atoms with E-state index in [0.29, 0.717) is 43.0 Å². The Bertz CT molecular complexity index is 1310. The summed E-state index contributed by atoms with van der Waals surface area (Å²) in [4.78, 5) is 44.9. The van der Waals surface area contributed by atoms with E-state index in [2.05, 4.69) is 20.7 Å². The fourth-order valence-electron chi connectivity index (χ4n) is 4.31. The molecule has 0 aliphatic carbocycles. The summed E-state index contributed by atoms with van der Waals surface area (Å²) in [5.74, 6) is -1.15. The number of ether oxygens (including phenoxy) is 1. The van der Waals surface area contributed by atoms with Gasteiger partial charge in [0.1, 0.15) is 29.5 Å². The second kappa shape index (κ2) is 8.95. The molecule has 34 heavy (non-hydrogen) atoms. The minimum absolute atomic E-state index is 0.116. The first-order chi connectivity index (χ1) is 16.4. The molecule has 3 aromatic heterocycles. The number of halogens is 1. The first-order valence-corrected chi connectivity index (χ1v) is 11.1. The van der Waals surface area contributed by atoms with Crippen LogP contribution in [0.2, 0.25) is 0 Å². The van der Waals surface area contributed by atoms with Crippen LogP contribution in [-0.2, 0) is 29.0 Å². The van der Waals surface area contributed by atoms with Crippen LogP contribution in [0.3, 0.4) is 0 Å². The number of carbonyl (C=O) groups excluding carboxylic acids is 2. The van der Waals surface area contributed by atoms with Gasteiger partial charge in [0.2, 0.25) is 5.91 Å². The molecule has 178 valence electrons. The molecule has 2 aliphatic heterocycles. The molecule has 0 saturated carbocycles. The van der Waals surface area contributed by atoms with Crippen molar-refractivity contribution in [3.05, 3.63) is 57.5 Å². The lowest BCUT2D eigenvalue weighted by Crippen LogP contribution is -2.45. The Labute approximate surface area is 193 Å². The second-order valence-corrected chi connectivity index (χ2v) is 8.27. The van der Waals surface area contributed by atoms with Gasteiger partial charge in [0.15, 0.2) is 0 Å². The van der Waals surface area contributed by atoms with Crippen LogP contribution in [-0.4, -0.2) is 68.2 Å². The van der Waals surface area contributed by atoms with Crippen molar-refractivity contribution >= 4 is 23.3 Å². The first kappa shape index (κ1) is 22.2. The predicted molar refractivity (Wildman–Crippen MR) is 119 cm³/mol. The largest absolute Gasteiger partial charge is 0.374 e. The molecule has 1 fully saturated rings. The Morgan fingerprint density at radius 3 is 2.91 bits per heavy atom. The van der Waals surface area contributed by atoms with Gasteiger partial charge >= 0.3 is 0 Å². The fraction of sp³-hybridized carbons (Fsp3) is 0.409. The summed E-state index contributed by atoms with van der Waals surface area (Å²) in [5.41, 5.74) is 1.11. The quantitative estimate of drug-likeness (QED) is 0.528. The summed E-state index contributed by atoms with van der Waals surface area (Å²) < 4.78 is 21.6. The van der Waals surface area contributed by atoms with Crippen LogP contribution >= 0.6 is 0 Å². The van der Waals surface area contributed by atoms with Crippen LogP contribution in [0.15, 0.2) is 29.2 Å².